The van der Waals surface area contributed by atoms with Crippen LogP contribution in [0.5, 0.6) is 0 Å². The van der Waals surface area contributed by atoms with E-state index in [9.17, 15) is 8.42 Å². The SMILES string of the molecule is CS(=O)(=O)N[C@H]1CCOC1.N[C@H]1CCOC1. The van der Waals surface area contributed by atoms with Crippen LogP contribution < -0.4 is 10.5 Å². The Hall–Kier alpha value is -0.210. The van der Waals surface area contributed by atoms with Gasteiger partial charge in [0.15, 0.2) is 0 Å². The summed E-state index contributed by atoms with van der Waals surface area (Å²) in [5.74, 6) is 0. The summed E-state index contributed by atoms with van der Waals surface area (Å²) < 4.78 is 33.6. The Kier molecular flexibility index (Phi) is 5.63. The molecule has 2 aliphatic rings. The van der Waals surface area contributed by atoms with Crippen molar-refractivity contribution in [2.45, 2.75) is 24.9 Å². The molecule has 0 bridgehead atoms. The third-order valence-electron chi connectivity index (χ3n) is 2.28. The van der Waals surface area contributed by atoms with Gasteiger partial charge in [-0.1, -0.05) is 0 Å². The average Bonchev–Trinajstić information content (AvgIpc) is 2.76. The predicted octanol–water partition coefficient (Wildman–Crippen LogP) is -0.941. The molecule has 3 N–H and O–H groups in total. The number of sulfonamides is 1. The summed E-state index contributed by atoms with van der Waals surface area (Å²) >= 11 is 0. The number of hydrogen-bond acceptors (Lipinski definition) is 5. The second-order valence-electron chi connectivity index (χ2n) is 4.07. The third-order valence-corrected chi connectivity index (χ3v) is 3.04. The van der Waals surface area contributed by atoms with Crippen molar-refractivity contribution in [2.75, 3.05) is 32.7 Å². The van der Waals surface area contributed by atoms with E-state index in [-0.39, 0.29) is 6.04 Å². The minimum atomic E-state index is -3.04. The molecule has 0 aromatic rings. The Balaban J connectivity index is 0.000000181. The van der Waals surface area contributed by atoms with E-state index in [1.807, 2.05) is 0 Å². The highest BCUT2D eigenvalue weighted by Gasteiger charge is 2.18. The lowest BCUT2D eigenvalue weighted by Gasteiger charge is -2.06. The Morgan fingerprint density at radius 3 is 2.12 bits per heavy atom. The molecule has 0 amide bonds. The quantitative estimate of drug-likeness (QED) is 0.662. The van der Waals surface area contributed by atoms with Crippen molar-refractivity contribution >= 4 is 10.0 Å². The van der Waals surface area contributed by atoms with Crippen LogP contribution in [0.1, 0.15) is 12.8 Å². The summed E-state index contributed by atoms with van der Waals surface area (Å²) in [6.45, 7) is 2.79. The van der Waals surface area contributed by atoms with E-state index in [2.05, 4.69) is 4.72 Å². The van der Waals surface area contributed by atoms with Crippen molar-refractivity contribution in [1.29, 1.82) is 0 Å². The van der Waals surface area contributed by atoms with Crippen LogP contribution in [0.4, 0.5) is 0 Å². The Morgan fingerprint density at radius 1 is 1.19 bits per heavy atom. The van der Waals surface area contributed by atoms with Gasteiger partial charge in [0.2, 0.25) is 10.0 Å². The second-order valence-corrected chi connectivity index (χ2v) is 5.85. The minimum absolute atomic E-state index is 0.00463. The Morgan fingerprint density at radius 2 is 1.81 bits per heavy atom. The van der Waals surface area contributed by atoms with E-state index in [0.717, 1.165) is 32.3 Å². The van der Waals surface area contributed by atoms with E-state index in [0.29, 0.717) is 19.3 Å². The maximum atomic E-state index is 10.6. The zero-order valence-corrected chi connectivity index (χ0v) is 10.3. The third kappa shape index (κ3) is 6.39. The van der Waals surface area contributed by atoms with Crippen molar-refractivity contribution in [3.63, 3.8) is 0 Å². The standard InChI is InChI=1S/C5H11NO3S.C4H9NO/c1-10(7,8)6-5-2-3-9-4-5;5-4-1-2-6-3-4/h5-6H,2-4H2,1H3;4H,1-3,5H2/t5-;4-/m00/s1. The Labute approximate surface area is 96.5 Å². The molecule has 0 radical (unpaired) electrons. The molecule has 2 heterocycles. The van der Waals surface area contributed by atoms with Crippen molar-refractivity contribution in [3.8, 4) is 0 Å². The number of rotatable bonds is 2. The molecule has 2 aliphatic heterocycles. The summed E-state index contributed by atoms with van der Waals surface area (Å²) in [6.07, 6.45) is 2.98. The van der Waals surface area contributed by atoms with Crippen molar-refractivity contribution in [2.24, 2.45) is 5.73 Å². The normalized spacial score (nSPS) is 29.9. The molecular formula is C9H20N2O4S. The topological polar surface area (TPSA) is 90.7 Å². The molecule has 2 rings (SSSR count). The molecule has 0 aliphatic carbocycles. The first-order chi connectivity index (χ1) is 7.47. The molecule has 7 heteroatoms. The van der Waals surface area contributed by atoms with Crippen LogP contribution in [-0.4, -0.2) is 53.2 Å². The highest BCUT2D eigenvalue weighted by molar-refractivity contribution is 7.88. The first kappa shape index (κ1) is 13.9. The minimum Gasteiger partial charge on any atom is -0.380 e. The maximum absolute atomic E-state index is 10.6. The fourth-order valence-corrected chi connectivity index (χ4v) is 2.27. The van der Waals surface area contributed by atoms with Crippen LogP contribution in [-0.2, 0) is 19.5 Å². The van der Waals surface area contributed by atoms with E-state index >= 15 is 0 Å². The van der Waals surface area contributed by atoms with Gasteiger partial charge in [-0.15, -0.1) is 0 Å². The van der Waals surface area contributed by atoms with Crippen molar-refractivity contribution in [3.05, 3.63) is 0 Å². The van der Waals surface area contributed by atoms with Crippen LogP contribution in [0.25, 0.3) is 0 Å². The number of nitrogens with one attached hydrogen (secondary N) is 1. The summed E-state index contributed by atoms with van der Waals surface area (Å²) in [5.41, 5.74) is 5.41. The monoisotopic (exact) mass is 252 g/mol. The van der Waals surface area contributed by atoms with Gasteiger partial charge in [-0.3, -0.25) is 0 Å². The second kappa shape index (κ2) is 6.51. The maximum Gasteiger partial charge on any atom is 0.209 e. The fourth-order valence-electron chi connectivity index (χ4n) is 1.48. The van der Waals surface area contributed by atoms with Gasteiger partial charge in [0.25, 0.3) is 0 Å². The lowest BCUT2D eigenvalue weighted by molar-refractivity contribution is 0.192. The van der Waals surface area contributed by atoms with Gasteiger partial charge in [0.1, 0.15) is 0 Å². The molecule has 6 nitrogen and oxygen atoms in total. The van der Waals surface area contributed by atoms with Crippen LogP contribution in [0, 0.1) is 0 Å². The molecular weight excluding hydrogens is 232 g/mol. The number of nitrogens with two attached hydrogens (primary N) is 1. The number of ether oxygens (including phenoxy) is 2. The van der Waals surface area contributed by atoms with Gasteiger partial charge < -0.3 is 15.2 Å². The lowest BCUT2D eigenvalue weighted by Crippen LogP contribution is -2.33. The van der Waals surface area contributed by atoms with Gasteiger partial charge in [0, 0.05) is 25.3 Å². The van der Waals surface area contributed by atoms with Gasteiger partial charge in [-0.05, 0) is 12.8 Å². The lowest BCUT2D eigenvalue weighted by atomic mass is 10.3. The van der Waals surface area contributed by atoms with E-state index in [4.69, 9.17) is 15.2 Å². The highest BCUT2D eigenvalue weighted by Crippen LogP contribution is 2.03. The molecule has 0 spiro atoms. The molecule has 0 aromatic carbocycles. The van der Waals surface area contributed by atoms with Gasteiger partial charge in [-0.25, -0.2) is 13.1 Å². The summed E-state index contributed by atoms with van der Waals surface area (Å²) in [6, 6.07) is 0.319. The Bertz CT molecular complexity index is 282. The van der Waals surface area contributed by atoms with Gasteiger partial charge in [-0.2, -0.15) is 0 Å². The zero-order valence-electron chi connectivity index (χ0n) is 9.52. The van der Waals surface area contributed by atoms with Crippen molar-refractivity contribution < 1.29 is 17.9 Å². The molecule has 96 valence electrons. The first-order valence-electron chi connectivity index (χ1n) is 5.36. The van der Waals surface area contributed by atoms with Crippen LogP contribution >= 0.6 is 0 Å². The zero-order chi connectivity index (χ0) is 12.0. The first-order valence-corrected chi connectivity index (χ1v) is 7.25. The molecule has 0 unspecified atom stereocenters. The van der Waals surface area contributed by atoms with Gasteiger partial charge in [0.05, 0.1) is 19.5 Å². The van der Waals surface area contributed by atoms with Crippen LogP contribution in [0.2, 0.25) is 0 Å². The van der Waals surface area contributed by atoms with Gasteiger partial charge >= 0.3 is 0 Å². The molecule has 2 atom stereocenters. The average molecular weight is 252 g/mol. The van der Waals surface area contributed by atoms with E-state index < -0.39 is 10.0 Å². The number of hydrogen-bond donors (Lipinski definition) is 2. The molecule has 0 saturated carbocycles. The summed E-state index contributed by atoms with van der Waals surface area (Å²) in [4.78, 5) is 0. The predicted molar refractivity (Wildman–Crippen MR) is 60.6 cm³/mol. The van der Waals surface area contributed by atoms with Crippen LogP contribution in [0.15, 0.2) is 0 Å². The molecule has 2 fully saturated rings. The van der Waals surface area contributed by atoms with Crippen LogP contribution in [0.3, 0.4) is 0 Å². The molecule has 16 heavy (non-hydrogen) atoms. The summed E-state index contributed by atoms with van der Waals surface area (Å²) in [7, 11) is -3.04. The van der Waals surface area contributed by atoms with Crippen molar-refractivity contribution in [1.82, 2.24) is 4.72 Å². The van der Waals surface area contributed by atoms with E-state index in [1.54, 1.807) is 0 Å². The highest BCUT2D eigenvalue weighted by atomic mass is 32.2. The molecule has 2 saturated heterocycles. The largest absolute Gasteiger partial charge is 0.380 e. The fraction of sp³-hybridized carbons (Fsp3) is 1.00. The molecule has 0 aromatic heterocycles. The van der Waals surface area contributed by atoms with E-state index in [1.165, 1.54) is 0 Å². The smallest absolute Gasteiger partial charge is 0.209 e. The summed E-state index contributed by atoms with van der Waals surface area (Å²) in [5, 5.41) is 0.